The van der Waals surface area contributed by atoms with Crippen molar-refractivity contribution in [2.45, 2.75) is 45.8 Å². The van der Waals surface area contributed by atoms with Gasteiger partial charge in [-0.05, 0) is 19.9 Å². The van der Waals surface area contributed by atoms with E-state index in [-0.39, 0.29) is 25.1 Å². The van der Waals surface area contributed by atoms with E-state index in [9.17, 15) is 19.2 Å². The smallest absolute Gasteiger partial charge is 0.243 e. The van der Waals surface area contributed by atoms with E-state index >= 15 is 0 Å². The van der Waals surface area contributed by atoms with Crippen molar-refractivity contribution in [3.8, 4) is 0 Å². The number of aliphatic hydroxyl groups is 1. The molecule has 10 nitrogen and oxygen atoms in total. The summed E-state index contributed by atoms with van der Waals surface area (Å²) in [4.78, 5) is 46.9. The van der Waals surface area contributed by atoms with Crippen LogP contribution in [-0.2, 0) is 19.2 Å². The highest BCUT2D eigenvalue weighted by Crippen LogP contribution is 2.02. The number of aliphatic hydroxyl groups excluding tert-OH is 1. The summed E-state index contributed by atoms with van der Waals surface area (Å²) in [5, 5.41) is 21.5. The fraction of sp³-hybridized carbons (Fsp3) is 0.733. The van der Waals surface area contributed by atoms with Crippen molar-refractivity contribution in [2.75, 3.05) is 20.3 Å². The molecule has 3 unspecified atom stereocenters. The molecule has 0 aliphatic rings. The molecule has 0 fully saturated rings. The third-order valence-electron chi connectivity index (χ3n) is 3.43. The average Bonchev–Trinajstić information content (AvgIpc) is 2.52. The minimum Gasteiger partial charge on any atom is -0.394 e. The van der Waals surface area contributed by atoms with Crippen LogP contribution in [0.3, 0.4) is 0 Å². The lowest BCUT2D eigenvalue weighted by molar-refractivity contribution is -0.132. The molecule has 0 aromatic carbocycles. The Morgan fingerprint density at radius 1 is 0.920 bits per heavy atom. The predicted octanol–water partition coefficient (Wildman–Crippen LogP) is -2.58. The Balaban J connectivity index is 4.43. The number of amides is 4. The van der Waals surface area contributed by atoms with E-state index < -0.39 is 35.8 Å². The van der Waals surface area contributed by atoms with Crippen LogP contribution in [0.15, 0.2) is 0 Å². The first-order valence-corrected chi connectivity index (χ1v) is 8.05. The van der Waals surface area contributed by atoms with Gasteiger partial charge in [-0.2, -0.15) is 0 Å². The summed E-state index contributed by atoms with van der Waals surface area (Å²) in [5.41, 5.74) is 0. The molecular formula is C15H29N5O5. The zero-order valence-corrected chi connectivity index (χ0v) is 15.3. The van der Waals surface area contributed by atoms with E-state index in [0.717, 1.165) is 0 Å². The van der Waals surface area contributed by atoms with Crippen LogP contribution in [0.1, 0.15) is 27.7 Å². The standard InChI is InChI=1S/C15H29N5O5/c1-8(2)12(20-10(4)22)15(25)19-9(3)13(23)17-7-18-14(24)11(6-21)16-5/h8-9,11-12,16,21H,6-7H2,1-5H3,(H,17,23)(H,18,24)(H,19,25)(H,20,22). The van der Waals surface area contributed by atoms with Gasteiger partial charge in [0.1, 0.15) is 18.1 Å². The largest absolute Gasteiger partial charge is 0.394 e. The van der Waals surface area contributed by atoms with Gasteiger partial charge < -0.3 is 31.7 Å². The molecule has 0 aliphatic carbocycles. The highest BCUT2D eigenvalue weighted by molar-refractivity contribution is 5.91. The number of carbonyl (C=O) groups excluding carboxylic acids is 4. The first-order chi connectivity index (χ1) is 11.6. The van der Waals surface area contributed by atoms with Crippen LogP contribution in [0.25, 0.3) is 0 Å². The maximum absolute atomic E-state index is 12.2. The Morgan fingerprint density at radius 2 is 1.48 bits per heavy atom. The van der Waals surface area contributed by atoms with E-state index in [1.165, 1.54) is 20.9 Å². The lowest BCUT2D eigenvalue weighted by Gasteiger charge is -2.23. The van der Waals surface area contributed by atoms with Crippen LogP contribution < -0.4 is 26.6 Å². The summed E-state index contributed by atoms with van der Waals surface area (Å²) < 4.78 is 0. The van der Waals surface area contributed by atoms with Crippen LogP contribution in [-0.4, -0.2) is 67.2 Å². The van der Waals surface area contributed by atoms with Crippen molar-refractivity contribution in [3.05, 3.63) is 0 Å². The zero-order valence-electron chi connectivity index (χ0n) is 15.3. The van der Waals surface area contributed by atoms with Crippen LogP contribution >= 0.6 is 0 Å². The maximum atomic E-state index is 12.2. The molecule has 0 aliphatic heterocycles. The summed E-state index contributed by atoms with van der Waals surface area (Å²) in [6, 6.07) is -2.36. The molecule has 25 heavy (non-hydrogen) atoms. The van der Waals surface area contributed by atoms with Gasteiger partial charge in [0.15, 0.2) is 0 Å². The normalized spacial score (nSPS) is 14.2. The first kappa shape index (κ1) is 22.8. The summed E-state index contributed by atoms with van der Waals surface area (Å²) >= 11 is 0. The lowest BCUT2D eigenvalue weighted by atomic mass is 10.0. The Labute approximate surface area is 147 Å². The van der Waals surface area contributed by atoms with Crippen LogP contribution in [0, 0.1) is 5.92 Å². The van der Waals surface area contributed by atoms with Gasteiger partial charge in [0.05, 0.1) is 13.3 Å². The van der Waals surface area contributed by atoms with Crippen LogP contribution in [0.2, 0.25) is 0 Å². The minimum absolute atomic E-state index is 0.143. The fourth-order valence-corrected chi connectivity index (χ4v) is 1.92. The van der Waals surface area contributed by atoms with Gasteiger partial charge in [-0.1, -0.05) is 13.8 Å². The van der Waals surface area contributed by atoms with Gasteiger partial charge in [0, 0.05) is 6.92 Å². The minimum atomic E-state index is -0.850. The Kier molecular flexibility index (Phi) is 10.4. The van der Waals surface area contributed by atoms with Crippen LogP contribution in [0.4, 0.5) is 0 Å². The molecule has 0 rings (SSSR count). The molecule has 0 aromatic heterocycles. The van der Waals surface area contributed by atoms with Gasteiger partial charge >= 0.3 is 0 Å². The van der Waals surface area contributed by atoms with E-state index in [0.29, 0.717) is 0 Å². The summed E-state index contributed by atoms with van der Waals surface area (Å²) in [6.07, 6.45) is 0. The monoisotopic (exact) mass is 359 g/mol. The van der Waals surface area contributed by atoms with Crippen molar-refractivity contribution in [1.82, 2.24) is 26.6 Å². The second kappa shape index (κ2) is 11.4. The highest BCUT2D eigenvalue weighted by Gasteiger charge is 2.26. The number of carbonyl (C=O) groups is 4. The number of nitrogens with one attached hydrogen (secondary N) is 5. The number of rotatable bonds is 10. The maximum Gasteiger partial charge on any atom is 0.243 e. The van der Waals surface area contributed by atoms with E-state index in [1.54, 1.807) is 13.8 Å². The van der Waals surface area contributed by atoms with Crippen molar-refractivity contribution in [2.24, 2.45) is 5.92 Å². The third kappa shape index (κ3) is 8.45. The van der Waals surface area contributed by atoms with Gasteiger partial charge in [0.2, 0.25) is 23.6 Å². The van der Waals surface area contributed by atoms with Crippen molar-refractivity contribution < 1.29 is 24.3 Å². The van der Waals surface area contributed by atoms with Crippen molar-refractivity contribution in [1.29, 1.82) is 0 Å². The van der Waals surface area contributed by atoms with Crippen LogP contribution in [0.5, 0.6) is 0 Å². The molecule has 4 amide bonds. The number of hydrogen-bond donors (Lipinski definition) is 6. The topological polar surface area (TPSA) is 149 Å². The first-order valence-electron chi connectivity index (χ1n) is 8.05. The van der Waals surface area contributed by atoms with Crippen molar-refractivity contribution in [3.63, 3.8) is 0 Å². The molecule has 6 N–H and O–H groups in total. The fourth-order valence-electron chi connectivity index (χ4n) is 1.92. The molecule has 0 heterocycles. The average molecular weight is 359 g/mol. The summed E-state index contributed by atoms with van der Waals surface area (Å²) in [5.74, 6) is -1.91. The molecule has 0 saturated heterocycles. The molecular weight excluding hydrogens is 330 g/mol. The van der Waals surface area contributed by atoms with Gasteiger partial charge in [-0.15, -0.1) is 0 Å². The molecule has 0 radical (unpaired) electrons. The second-order valence-electron chi connectivity index (χ2n) is 5.94. The highest BCUT2D eigenvalue weighted by atomic mass is 16.3. The van der Waals surface area contributed by atoms with Gasteiger partial charge in [-0.3, -0.25) is 19.2 Å². The summed E-state index contributed by atoms with van der Waals surface area (Å²) in [6.45, 7) is 5.84. The number of likely N-dealkylation sites (N-methyl/N-ethyl adjacent to an activating group) is 1. The Morgan fingerprint density at radius 3 is 1.92 bits per heavy atom. The van der Waals surface area contributed by atoms with Gasteiger partial charge in [-0.25, -0.2) is 0 Å². The van der Waals surface area contributed by atoms with Crippen molar-refractivity contribution >= 4 is 23.6 Å². The van der Waals surface area contributed by atoms with Gasteiger partial charge in [0.25, 0.3) is 0 Å². The molecule has 144 valence electrons. The zero-order chi connectivity index (χ0) is 19.6. The third-order valence-corrected chi connectivity index (χ3v) is 3.43. The predicted molar refractivity (Wildman–Crippen MR) is 91.1 cm³/mol. The van der Waals surface area contributed by atoms with E-state index in [1.807, 2.05) is 0 Å². The second-order valence-corrected chi connectivity index (χ2v) is 5.94. The van der Waals surface area contributed by atoms with E-state index in [4.69, 9.17) is 5.11 Å². The summed E-state index contributed by atoms with van der Waals surface area (Å²) in [7, 11) is 1.52. The van der Waals surface area contributed by atoms with E-state index in [2.05, 4.69) is 26.6 Å². The quantitative estimate of drug-likeness (QED) is 0.236. The molecule has 0 spiro atoms. The molecule has 3 atom stereocenters. The SMILES string of the molecule is CNC(CO)C(=O)NCNC(=O)C(C)NC(=O)C(NC(C)=O)C(C)C. The number of hydrogen-bond acceptors (Lipinski definition) is 6. The lowest BCUT2D eigenvalue weighted by Crippen LogP contribution is -2.55. The Bertz CT molecular complexity index is 479. The molecule has 0 bridgehead atoms. The molecule has 10 heteroatoms. The molecule has 0 saturated carbocycles. The Hall–Kier alpha value is -2.20. The molecule has 0 aromatic rings.